The maximum Gasteiger partial charge on any atom is 0.339 e. The largest absolute Gasteiger partial charge is 0.462 e. The number of para-hydroxylation sites is 1. The number of nitrogens with zero attached hydrogens (tertiary/aromatic N) is 3. The molecule has 0 bridgehead atoms. The van der Waals surface area contributed by atoms with Crippen LogP contribution in [0, 0.1) is 6.92 Å². The number of unbranched alkanes of at least 4 members (excludes halogenated alkanes) is 1. The van der Waals surface area contributed by atoms with Gasteiger partial charge in [0.1, 0.15) is 0 Å². The number of halogens is 1. The summed E-state index contributed by atoms with van der Waals surface area (Å²) in [4.78, 5) is 35.1. The van der Waals surface area contributed by atoms with E-state index in [1.54, 1.807) is 24.5 Å². The molecule has 0 fully saturated rings. The Hall–Kier alpha value is -2.19. The van der Waals surface area contributed by atoms with Gasteiger partial charge in [0.15, 0.2) is 10.8 Å². The Morgan fingerprint density at radius 1 is 1.21 bits per heavy atom. The molecule has 29 heavy (non-hydrogen) atoms. The molecule has 0 radical (unpaired) electrons. The second-order valence-electron chi connectivity index (χ2n) is 6.35. The van der Waals surface area contributed by atoms with Crippen molar-refractivity contribution in [1.29, 1.82) is 0 Å². The topological polar surface area (TPSA) is 74.1 Å². The van der Waals surface area contributed by atoms with Crippen LogP contribution in [0.25, 0.3) is 16.7 Å². The first kappa shape index (κ1) is 21.5. The molecule has 0 aliphatic rings. The summed E-state index contributed by atoms with van der Waals surface area (Å²) in [5, 5.41) is 1.69. The molecule has 0 saturated heterocycles. The van der Waals surface area contributed by atoms with Gasteiger partial charge < -0.3 is 4.74 Å². The lowest BCUT2D eigenvalue weighted by atomic mass is 10.1. The monoisotopic (exact) mass is 475 g/mol. The number of benzene rings is 1. The Kier molecular flexibility index (Phi) is 7.44. The molecule has 2 aromatic heterocycles. The third kappa shape index (κ3) is 4.87. The van der Waals surface area contributed by atoms with Gasteiger partial charge in [-0.25, -0.2) is 14.8 Å². The van der Waals surface area contributed by atoms with E-state index in [-0.39, 0.29) is 28.8 Å². The second-order valence-corrected chi connectivity index (χ2v) is 8.20. The number of rotatable bonds is 8. The van der Waals surface area contributed by atoms with E-state index in [2.05, 4.69) is 25.9 Å². The average molecular weight is 476 g/mol. The van der Waals surface area contributed by atoms with Crippen molar-refractivity contribution in [1.82, 2.24) is 14.5 Å². The molecule has 0 aliphatic carbocycles. The lowest BCUT2D eigenvalue weighted by molar-refractivity contribution is 0.0528. The zero-order chi connectivity index (χ0) is 20.8. The molecule has 3 rings (SSSR count). The lowest BCUT2D eigenvalue weighted by Crippen LogP contribution is -2.24. The first-order valence-corrected chi connectivity index (χ1v) is 11.5. The second kappa shape index (κ2) is 10.0. The molecule has 3 aromatic rings. The van der Waals surface area contributed by atoms with Crippen molar-refractivity contribution in [2.75, 3.05) is 17.7 Å². The highest BCUT2D eigenvalue weighted by Crippen LogP contribution is 2.24. The predicted molar refractivity (Wildman–Crippen MR) is 120 cm³/mol. The summed E-state index contributed by atoms with van der Waals surface area (Å²) in [6.45, 7) is 3.73. The van der Waals surface area contributed by atoms with E-state index in [0.29, 0.717) is 16.5 Å². The van der Waals surface area contributed by atoms with Gasteiger partial charge >= 0.3 is 5.97 Å². The molecule has 0 amide bonds. The van der Waals surface area contributed by atoms with Crippen LogP contribution in [-0.2, 0) is 4.74 Å². The van der Waals surface area contributed by atoms with Crippen molar-refractivity contribution >= 4 is 44.7 Å². The maximum atomic E-state index is 13.5. The Balaban J connectivity index is 2.24. The molecule has 0 aliphatic heterocycles. The van der Waals surface area contributed by atoms with E-state index in [1.165, 1.54) is 11.8 Å². The molecule has 152 valence electrons. The molecule has 0 unspecified atom stereocenters. The minimum absolute atomic E-state index is 0.183. The molecule has 8 heteroatoms. The molecular formula is C21H22BrN3O3S. The Morgan fingerprint density at radius 3 is 2.66 bits per heavy atom. The first-order chi connectivity index (χ1) is 14.1. The third-order valence-electron chi connectivity index (χ3n) is 4.21. The van der Waals surface area contributed by atoms with Gasteiger partial charge in [0.05, 0.1) is 23.2 Å². The lowest BCUT2D eigenvalue weighted by Gasteiger charge is -2.14. The molecule has 0 atom stereocenters. The van der Waals surface area contributed by atoms with E-state index < -0.39 is 5.97 Å². The molecule has 0 spiro atoms. The smallest absolute Gasteiger partial charge is 0.339 e. The Morgan fingerprint density at radius 2 is 1.97 bits per heavy atom. The number of alkyl halides is 1. The summed E-state index contributed by atoms with van der Waals surface area (Å²) in [7, 11) is 0. The van der Waals surface area contributed by atoms with Gasteiger partial charge in [0, 0.05) is 16.8 Å². The Bertz CT molecular complexity index is 1070. The Labute approximate surface area is 181 Å². The number of carbonyl (C=O) groups excluding carboxylic acids is 1. The number of carbonyl (C=O) groups is 1. The van der Waals surface area contributed by atoms with Crippen molar-refractivity contribution in [3.8, 4) is 5.69 Å². The van der Waals surface area contributed by atoms with Crippen LogP contribution in [0.2, 0.25) is 0 Å². The minimum atomic E-state index is -0.542. The van der Waals surface area contributed by atoms with Crippen LogP contribution in [0.15, 0.2) is 46.3 Å². The number of fused-ring (bicyclic) bond motifs is 1. The van der Waals surface area contributed by atoms with E-state index in [9.17, 15) is 9.59 Å². The van der Waals surface area contributed by atoms with Gasteiger partial charge in [0.25, 0.3) is 5.56 Å². The van der Waals surface area contributed by atoms with Gasteiger partial charge in [-0.15, -0.1) is 0 Å². The number of esters is 1. The molecular weight excluding hydrogens is 454 g/mol. The number of thioether (sulfide) groups is 1. The van der Waals surface area contributed by atoms with Crippen molar-refractivity contribution in [3.05, 3.63) is 58.0 Å². The quantitative estimate of drug-likeness (QED) is 0.156. The van der Waals surface area contributed by atoms with Gasteiger partial charge in [-0.3, -0.25) is 9.36 Å². The SMILES string of the molecule is CCOC(=O)c1cc(C)nc2nc(SCCCCBr)n(-c3ccccc3)c(=O)c12. The van der Waals surface area contributed by atoms with Crippen LogP contribution in [0.4, 0.5) is 0 Å². The normalized spacial score (nSPS) is 11.0. The maximum absolute atomic E-state index is 13.5. The van der Waals surface area contributed by atoms with Crippen molar-refractivity contribution in [2.45, 2.75) is 31.8 Å². The molecule has 1 aromatic carbocycles. The number of hydrogen-bond acceptors (Lipinski definition) is 6. The van der Waals surface area contributed by atoms with E-state index in [4.69, 9.17) is 4.74 Å². The van der Waals surface area contributed by atoms with Crippen molar-refractivity contribution in [2.24, 2.45) is 0 Å². The van der Waals surface area contributed by atoms with E-state index in [0.717, 1.165) is 23.9 Å². The average Bonchev–Trinajstić information content (AvgIpc) is 2.71. The van der Waals surface area contributed by atoms with Gasteiger partial charge in [-0.1, -0.05) is 45.9 Å². The van der Waals surface area contributed by atoms with Crippen LogP contribution in [0.3, 0.4) is 0 Å². The van der Waals surface area contributed by atoms with Crippen molar-refractivity contribution in [3.63, 3.8) is 0 Å². The van der Waals surface area contributed by atoms with Gasteiger partial charge in [0.2, 0.25) is 0 Å². The number of ether oxygens (including phenoxy) is 1. The van der Waals surface area contributed by atoms with E-state index >= 15 is 0 Å². The predicted octanol–water partition coefficient (Wildman–Crippen LogP) is 4.53. The number of pyridine rings is 1. The minimum Gasteiger partial charge on any atom is -0.462 e. The van der Waals surface area contributed by atoms with Crippen LogP contribution >= 0.6 is 27.7 Å². The summed E-state index contributed by atoms with van der Waals surface area (Å²) < 4.78 is 6.72. The number of hydrogen-bond donors (Lipinski definition) is 0. The fourth-order valence-corrected chi connectivity index (χ4v) is 4.32. The first-order valence-electron chi connectivity index (χ1n) is 9.42. The zero-order valence-electron chi connectivity index (χ0n) is 16.4. The number of aromatic nitrogens is 3. The highest BCUT2D eigenvalue weighted by Gasteiger charge is 2.21. The highest BCUT2D eigenvalue weighted by molar-refractivity contribution is 9.09. The molecule has 2 heterocycles. The van der Waals surface area contributed by atoms with Crippen LogP contribution in [-0.4, -0.2) is 38.2 Å². The summed E-state index contributed by atoms with van der Waals surface area (Å²) in [6, 6.07) is 10.9. The fraction of sp³-hybridized carbons (Fsp3) is 0.333. The van der Waals surface area contributed by atoms with Crippen molar-refractivity contribution < 1.29 is 9.53 Å². The van der Waals surface area contributed by atoms with E-state index in [1.807, 2.05) is 30.3 Å². The summed E-state index contributed by atoms with van der Waals surface area (Å²) in [6.07, 6.45) is 2.04. The van der Waals surface area contributed by atoms with Crippen LogP contribution in [0.1, 0.15) is 35.8 Å². The van der Waals surface area contributed by atoms with Gasteiger partial charge in [-0.05, 0) is 44.9 Å². The molecule has 0 saturated carbocycles. The van der Waals surface area contributed by atoms with Crippen LogP contribution in [0.5, 0.6) is 0 Å². The van der Waals surface area contributed by atoms with Gasteiger partial charge in [-0.2, -0.15) is 0 Å². The van der Waals surface area contributed by atoms with Crippen LogP contribution < -0.4 is 5.56 Å². The highest BCUT2D eigenvalue weighted by atomic mass is 79.9. The third-order valence-corrected chi connectivity index (χ3v) is 5.79. The zero-order valence-corrected chi connectivity index (χ0v) is 18.8. The summed E-state index contributed by atoms with van der Waals surface area (Å²) >= 11 is 4.96. The molecule has 6 nitrogen and oxygen atoms in total. The number of aryl methyl sites for hydroxylation is 1. The fourth-order valence-electron chi connectivity index (χ4n) is 2.92. The standard InChI is InChI=1S/C21H22BrN3O3S/c1-3-28-20(27)16-13-14(2)23-18-17(16)19(26)25(15-9-5-4-6-10-15)21(24-18)29-12-8-7-11-22/h4-6,9-10,13H,3,7-8,11-12H2,1-2H3. The summed E-state index contributed by atoms with van der Waals surface area (Å²) in [5.41, 5.74) is 1.46. The summed E-state index contributed by atoms with van der Waals surface area (Å²) in [5.74, 6) is 0.284. The molecule has 0 N–H and O–H groups in total.